The van der Waals surface area contributed by atoms with Crippen LogP contribution < -0.4 is 10.1 Å². The molecule has 0 fully saturated rings. The highest BCUT2D eigenvalue weighted by Crippen LogP contribution is 2.28. The van der Waals surface area contributed by atoms with Gasteiger partial charge in [0.1, 0.15) is 5.75 Å². The summed E-state index contributed by atoms with van der Waals surface area (Å²) in [6.45, 7) is 1.16. The Hall–Kier alpha value is -1.55. The van der Waals surface area contributed by atoms with E-state index in [0.29, 0.717) is 13.2 Å². The molecule has 0 spiro atoms. The van der Waals surface area contributed by atoms with Gasteiger partial charge in [-0.2, -0.15) is 0 Å². The second kappa shape index (κ2) is 8.03. The summed E-state index contributed by atoms with van der Waals surface area (Å²) in [4.78, 5) is 0. The molecule has 0 aliphatic rings. The predicted octanol–water partition coefficient (Wildman–Crippen LogP) is 3.83. The first kappa shape index (κ1) is 15.8. The summed E-state index contributed by atoms with van der Waals surface area (Å²) in [5.74, 6) is 0.830. The quantitative estimate of drug-likeness (QED) is 0.843. The Morgan fingerprint density at radius 1 is 1.10 bits per heavy atom. The molecule has 2 rings (SSSR count). The minimum absolute atomic E-state index is 0.0950. The number of ether oxygens (including phenoxy) is 2. The molecule has 0 aliphatic carbocycles. The smallest absolute Gasteiger partial charge is 0.124 e. The van der Waals surface area contributed by atoms with Crippen LogP contribution in [0.5, 0.6) is 5.75 Å². The van der Waals surface area contributed by atoms with Gasteiger partial charge in [0.15, 0.2) is 0 Å². The van der Waals surface area contributed by atoms with Crippen molar-refractivity contribution >= 4 is 11.6 Å². The average Bonchev–Trinajstić information content (AvgIpc) is 2.53. The van der Waals surface area contributed by atoms with E-state index < -0.39 is 0 Å². The summed E-state index contributed by atoms with van der Waals surface area (Å²) in [7, 11) is 3.57. The molecule has 1 unspecified atom stereocenters. The maximum atomic E-state index is 6.17. The molecule has 112 valence electrons. The molecule has 0 saturated carbocycles. The number of rotatable bonds is 7. The lowest BCUT2D eigenvalue weighted by atomic mass is 10.1. The van der Waals surface area contributed by atoms with E-state index in [1.54, 1.807) is 7.11 Å². The zero-order valence-electron chi connectivity index (χ0n) is 12.3. The van der Waals surface area contributed by atoms with Crippen molar-refractivity contribution < 1.29 is 9.47 Å². The van der Waals surface area contributed by atoms with Gasteiger partial charge in [-0.15, -0.1) is 0 Å². The molecule has 4 heteroatoms. The van der Waals surface area contributed by atoms with Gasteiger partial charge >= 0.3 is 0 Å². The molecule has 0 aromatic heterocycles. The number of likely N-dealkylation sites (N-methyl/N-ethyl adjacent to an activating group) is 1. The van der Waals surface area contributed by atoms with Crippen LogP contribution in [0.25, 0.3) is 0 Å². The predicted molar refractivity (Wildman–Crippen MR) is 85.9 cm³/mol. The van der Waals surface area contributed by atoms with Gasteiger partial charge in [-0.3, -0.25) is 0 Å². The van der Waals surface area contributed by atoms with Crippen LogP contribution in [-0.2, 0) is 11.3 Å². The van der Waals surface area contributed by atoms with Crippen LogP contribution in [0.4, 0.5) is 0 Å². The number of methoxy groups -OCH3 is 1. The standard InChI is InChI=1S/C17H20ClNO2/c1-19-11-17(14-8-4-6-10-16(14)20-2)21-12-13-7-3-5-9-15(13)18/h3-10,17,19H,11-12H2,1-2H3. The van der Waals surface area contributed by atoms with Gasteiger partial charge in [-0.25, -0.2) is 0 Å². The maximum Gasteiger partial charge on any atom is 0.124 e. The molecule has 2 aromatic carbocycles. The normalized spacial score (nSPS) is 12.1. The molecule has 0 bridgehead atoms. The van der Waals surface area contributed by atoms with Crippen LogP contribution in [0, 0.1) is 0 Å². The van der Waals surface area contributed by atoms with E-state index in [0.717, 1.165) is 21.9 Å². The maximum absolute atomic E-state index is 6.17. The lowest BCUT2D eigenvalue weighted by molar-refractivity contribution is 0.0395. The third kappa shape index (κ3) is 4.21. The van der Waals surface area contributed by atoms with Crippen LogP contribution in [0.15, 0.2) is 48.5 Å². The molecule has 3 nitrogen and oxygen atoms in total. The molecule has 1 atom stereocenters. The highest BCUT2D eigenvalue weighted by atomic mass is 35.5. The van der Waals surface area contributed by atoms with Gasteiger partial charge in [0.25, 0.3) is 0 Å². The van der Waals surface area contributed by atoms with E-state index in [1.165, 1.54) is 0 Å². The minimum atomic E-state index is -0.0950. The van der Waals surface area contributed by atoms with E-state index >= 15 is 0 Å². The first-order valence-electron chi connectivity index (χ1n) is 6.88. The largest absolute Gasteiger partial charge is 0.496 e. The fraction of sp³-hybridized carbons (Fsp3) is 0.294. The van der Waals surface area contributed by atoms with Crippen LogP contribution in [0.3, 0.4) is 0 Å². The molecule has 0 saturated heterocycles. The summed E-state index contributed by atoms with van der Waals surface area (Å²) in [6, 6.07) is 15.6. The van der Waals surface area contributed by atoms with Crippen molar-refractivity contribution in [3.63, 3.8) is 0 Å². The van der Waals surface area contributed by atoms with Crippen LogP contribution in [-0.4, -0.2) is 20.7 Å². The molecule has 0 aliphatic heterocycles. The van der Waals surface area contributed by atoms with Crippen LogP contribution in [0.1, 0.15) is 17.2 Å². The number of hydrogen-bond donors (Lipinski definition) is 1. The van der Waals surface area contributed by atoms with Crippen molar-refractivity contribution in [2.45, 2.75) is 12.7 Å². The van der Waals surface area contributed by atoms with Crippen molar-refractivity contribution in [3.05, 3.63) is 64.7 Å². The highest BCUT2D eigenvalue weighted by molar-refractivity contribution is 6.31. The molecular weight excluding hydrogens is 286 g/mol. The number of nitrogens with one attached hydrogen (secondary N) is 1. The van der Waals surface area contributed by atoms with Gasteiger partial charge in [0.2, 0.25) is 0 Å². The highest BCUT2D eigenvalue weighted by Gasteiger charge is 2.16. The number of hydrogen-bond acceptors (Lipinski definition) is 3. The number of para-hydroxylation sites is 1. The Morgan fingerprint density at radius 2 is 1.81 bits per heavy atom. The van der Waals surface area contributed by atoms with E-state index in [9.17, 15) is 0 Å². The van der Waals surface area contributed by atoms with Gasteiger partial charge in [0.05, 0.1) is 19.8 Å². The molecule has 2 aromatic rings. The van der Waals surface area contributed by atoms with Crippen LogP contribution >= 0.6 is 11.6 Å². The summed E-state index contributed by atoms with van der Waals surface area (Å²) < 4.78 is 11.5. The van der Waals surface area contributed by atoms with Gasteiger partial charge in [-0.1, -0.05) is 48.0 Å². The molecule has 0 radical (unpaired) electrons. The van der Waals surface area contributed by atoms with E-state index in [2.05, 4.69) is 5.32 Å². The van der Waals surface area contributed by atoms with Gasteiger partial charge in [-0.05, 0) is 24.7 Å². The van der Waals surface area contributed by atoms with E-state index in [1.807, 2.05) is 55.6 Å². The Morgan fingerprint density at radius 3 is 2.52 bits per heavy atom. The second-order valence-electron chi connectivity index (χ2n) is 4.69. The molecule has 1 N–H and O–H groups in total. The van der Waals surface area contributed by atoms with Gasteiger partial charge < -0.3 is 14.8 Å². The molecule has 0 heterocycles. The molecule has 21 heavy (non-hydrogen) atoms. The second-order valence-corrected chi connectivity index (χ2v) is 5.10. The summed E-state index contributed by atoms with van der Waals surface area (Å²) >= 11 is 6.17. The van der Waals surface area contributed by atoms with E-state index in [-0.39, 0.29) is 6.10 Å². The fourth-order valence-corrected chi connectivity index (χ4v) is 2.37. The first-order chi connectivity index (χ1) is 10.3. The van der Waals surface area contributed by atoms with Crippen molar-refractivity contribution in [2.75, 3.05) is 20.7 Å². The van der Waals surface area contributed by atoms with Crippen molar-refractivity contribution in [2.24, 2.45) is 0 Å². The third-order valence-corrected chi connectivity index (χ3v) is 3.64. The SMILES string of the molecule is CNCC(OCc1ccccc1Cl)c1ccccc1OC. The third-order valence-electron chi connectivity index (χ3n) is 3.27. The van der Waals surface area contributed by atoms with Crippen molar-refractivity contribution in [1.82, 2.24) is 5.32 Å². The summed E-state index contributed by atoms with van der Waals surface area (Å²) in [5.41, 5.74) is 2.01. The van der Waals surface area contributed by atoms with Crippen LogP contribution in [0.2, 0.25) is 5.02 Å². The Kier molecular flexibility index (Phi) is 6.05. The zero-order valence-corrected chi connectivity index (χ0v) is 13.1. The first-order valence-corrected chi connectivity index (χ1v) is 7.26. The van der Waals surface area contributed by atoms with Gasteiger partial charge in [0, 0.05) is 17.1 Å². The number of benzene rings is 2. The number of halogens is 1. The van der Waals surface area contributed by atoms with Crippen molar-refractivity contribution in [3.8, 4) is 5.75 Å². The fourth-order valence-electron chi connectivity index (χ4n) is 2.18. The minimum Gasteiger partial charge on any atom is -0.496 e. The summed E-state index contributed by atoms with van der Waals surface area (Å²) in [6.07, 6.45) is -0.0950. The Balaban J connectivity index is 2.14. The van der Waals surface area contributed by atoms with E-state index in [4.69, 9.17) is 21.1 Å². The molecule has 0 amide bonds. The summed E-state index contributed by atoms with van der Waals surface area (Å²) in [5, 5.41) is 3.88. The zero-order chi connectivity index (χ0) is 15.1. The monoisotopic (exact) mass is 305 g/mol. The molecular formula is C17H20ClNO2. The topological polar surface area (TPSA) is 30.5 Å². The Labute approximate surface area is 130 Å². The lowest BCUT2D eigenvalue weighted by Crippen LogP contribution is -2.20. The van der Waals surface area contributed by atoms with Crippen molar-refractivity contribution in [1.29, 1.82) is 0 Å². The Bertz CT molecular complexity index is 574. The average molecular weight is 306 g/mol. The lowest BCUT2D eigenvalue weighted by Gasteiger charge is -2.20.